The zero-order valence-electron chi connectivity index (χ0n) is 73.3. The van der Waals surface area contributed by atoms with Gasteiger partial charge in [0, 0.05) is 125 Å². The second-order valence-corrected chi connectivity index (χ2v) is 39.8. The zero-order chi connectivity index (χ0) is 88.8. The first-order valence-electron chi connectivity index (χ1n) is 45.0. The number of nitrogens with zero attached hydrogens (tertiary/aromatic N) is 2. The number of rotatable bonds is 52. The Morgan fingerprint density at radius 2 is 1.20 bits per heavy atom. The summed E-state index contributed by atoms with van der Waals surface area (Å²) in [6.07, 6.45) is 8.64. The van der Waals surface area contributed by atoms with Gasteiger partial charge in [-0.3, -0.25) is 38.1 Å². The van der Waals surface area contributed by atoms with Gasteiger partial charge in [-0.1, -0.05) is 90.2 Å². The maximum atomic E-state index is 13.9. The number of aliphatic hydroxyl groups is 8. The van der Waals surface area contributed by atoms with E-state index in [0.717, 1.165) is 55.3 Å². The van der Waals surface area contributed by atoms with Crippen LogP contribution in [0.15, 0.2) is 11.6 Å². The van der Waals surface area contributed by atoms with Gasteiger partial charge in [-0.15, -0.1) is 0 Å². The number of hydrogen-bond donors (Lipinski definition) is 14. The standard InChI is InChI=1S/C84H146N8O27P2S.Y/c1-52(2)21-20-22-53(3)63-30-31-64-62-29-28-56-43-60(32-34-83(56,6)65(62)33-35-84(63,64)7)116-82(108)87-38-16-9-11-27-72(102)92-47-61(45-58(92)51-115-121(110,122)114-42-39-93)119-120(109)113-50-57-44-59(98)46-91(57)71(101)26-10-8-15-37-86-79(107)66(90-70(100)25-14-19-41-112-81-74(89-55(5)97)78(106)76(104)68(49-95)118-81)23-12-17-36-85-69(99)24-13-18-40-111-80-73(88-54(4)96)77(105)75(103)67(48-94)117-80;/h28,52-53,57-68,73-78,80-81,93-95,98,103-106,120H,8-27,29-51H2,1-7H3,(H,85,99)(H,86,107)(H,87,108)(H,88,96)(H,89,97)(H,90,100)(H,110,122);/p-1/t53-,57+,58+,59-,60+,61-,62?,63-,64?,65?,66+,67?,68?,73?,74?,75?,76?,77?,78?,80?,81?,83+,84-,121?;/m1./s1. The van der Waals surface area contributed by atoms with Gasteiger partial charge in [0.15, 0.2) is 12.6 Å². The normalized spacial score (nSPS) is 31.7. The van der Waals surface area contributed by atoms with Crippen LogP contribution < -0.4 is 36.8 Å². The number of hydrogen-bond acceptors (Lipinski definition) is 28. The molecule has 703 valence electrons. The quantitative estimate of drug-likeness (QED) is 0.0229. The SMILES string of the molecule is CC(=O)NC1C(OCCCCC(=O)NCCCC[C@H](NC(=O)CCCCOC2OC(CO)C(O)C(O)C2NC(C)=O)C(=O)NCCCCCC(=O)N2C[C@H](O)C[C@H]2CO[PH](=O)O[C@@H]2C[C@@H](COP([O-])(=S)OCCO)N(C(=O)CCCCCNC(=O)O[C@H]3CC[C@@]4(C)C(=CCC5C4CC[C@@]4(C)C5CC[C@@H]4[C@H](C)CCCC(C)C)C3)C2)OC(CO)C(O)C1O.[Y]. The molecule has 3 saturated carbocycles. The number of ether oxygens (including phenoxy) is 5. The van der Waals surface area contributed by atoms with Crippen molar-refractivity contribution < 1.29 is 163 Å². The van der Waals surface area contributed by atoms with E-state index in [4.69, 9.17) is 53.6 Å². The summed E-state index contributed by atoms with van der Waals surface area (Å²) in [6.45, 7) is 9.06. The van der Waals surface area contributed by atoms with Gasteiger partial charge in [0.25, 0.3) is 0 Å². The number of aliphatic hydroxyl groups excluding tert-OH is 8. The number of unbranched alkanes of at least 4 members (excludes halogenated alkanes) is 7. The van der Waals surface area contributed by atoms with Gasteiger partial charge in [0.2, 0.25) is 41.4 Å². The fraction of sp³-hybridized carbons (Fsp3) is 0.881. The minimum atomic E-state index is -4.06. The number of allylic oxidation sites excluding steroid dienone is 1. The monoisotopic (exact) mass is 1880 g/mol. The Morgan fingerprint density at radius 3 is 1.80 bits per heavy atom. The van der Waals surface area contributed by atoms with E-state index in [1.807, 2.05) is 0 Å². The maximum Gasteiger partial charge on any atom is 0.407 e. The number of nitrogens with one attached hydrogen (secondary N) is 6. The molecule has 4 aliphatic heterocycles. The second kappa shape index (κ2) is 53.2. The molecule has 0 aromatic heterocycles. The minimum Gasteiger partial charge on any atom is -0.780 e. The largest absolute Gasteiger partial charge is 0.780 e. The molecule has 0 aromatic carbocycles. The van der Waals surface area contributed by atoms with Crippen molar-refractivity contribution in [3.05, 3.63) is 11.6 Å². The molecular formula is C84H145N8O27P2SY-. The van der Waals surface area contributed by atoms with Crippen LogP contribution in [0.1, 0.15) is 241 Å². The third kappa shape index (κ3) is 32.5. The van der Waals surface area contributed by atoms with Gasteiger partial charge in [0.05, 0.1) is 63.9 Å². The molecule has 0 aromatic rings. The van der Waals surface area contributed by atoms with Crippen LogP contribution in [-0.2, 0) is 124 Å². The van der Waals surface area contributed by atoms with E-state index in [9.17, 15) is 88.7 Å². The Morgan fingerprint density at radius 1 is 0.626 bits per heavy atom. The molecule has 4 heterocycles. The summed E-state index contributed by atoms with van der Waals surface area (Å²) in [5, 5.41) is 97.6. The summed E-state index contributed by atoms with van der Waals surface area (Å²) in [4.78, 5) is 120. The minimum absolute atomic E-state index is 0. The zero-order valence-corrected chi connectivity index (χ0v) is 78.9. The van der Waals surface area contributed by atoms with E-state index < -0.39 is 156 Å². The molecule has 4 saturated heterocycles. The smallest absolute Gasteiger partial charge is 0.407 e. The van der Waals surface area contributed by atoms with Crippen molar-refractivity contribution >= 4 is 74.2 Å². The predicted octanol–water partition coefficient (Wildman–Crippen LogP) is 4.35. The topological polar surface area (TPSA) is 500 Å². The average Bonchev–Trinajstić information content (AvgIpc) is 1.65. The molecule has 7 fully saturated rings. The Hall–Kier alpha value is -3.40. The van der Waals surface area contributed by atoms with Crippen LogP contribution in [0.5, 0.6) is 0 Å². The molecule has 8 amide bonds. The fourth-order valence-corrected chi connectivity index (χ4v) is 22.1. The van der Waals surface area contributed by atoms with E-state index in [2.05, 4.69) is 72.6 Å². The van der Waals surface area contributed by atoms with Crippen molar-refractivity contribution in [2.45, 2.75) is 339 Å². The number of β-amino-alcohol motifs (C(OH)–C–C–N with tert-alkyl or cyclic N) is 1. The third-order valence-corrected chi connectivity index (χ3v) is 29.1. The van der Waals surface area contributed by atoms with Crippen LogP contribution in [0.4, 0.5) is 4.79 Å². The summed E-state index contributed by atoms with van der Waals surface area (Å²) in [5.41, 5.74) is 2.02. The first-order valence-corrected chi connectivity index (χ1v) is 48.8. The molecule has 0 bridgehead atoms. The van der Waals surface area contributed by atoms with Crippen molar-refractivity contribution in [3.8, 4) is 0 Å². The van der Waals surface area contributed by atoms with E-state index in [1.165, 1.54) is 74.2 Å². The van der Waals surface area contributed by atoms with E-state index in [-0.39, 0.29) is 173 Å². The van der Waals surface area contributed by atoms with Gasteiger partial charge < -0.3 is 129 Å². The molecular weight excluding hydrogens is 1740 g/mol. The number of amides is 8. The molecule has 35 nitrogen and oxygen atoms in total. The van der Waals surface area contributed by atoms with Gasteiger partial charge in [-0.2, -0.15) is 0 Å². The summed E-state index contributed by atoms with van der Waals surface area (Å²) >= 11 is 5.03. The molecule has 8 rings (SSSR count). The van der Waals surface area contributed by atoms with Crippen LogP contribution >= 0.6 is 15.0 Å². The van der Waals surface area contributed by atoms with Crippen LogP contribution in [0.3, 0.4) is 0 Å². The summed E-state index contributed by atoms with van der Waals surface area (Å²) in [6, 6.07) is -4.57. The summed E-state index contributed by atoms with van der Waals surface area (Å²) < 4.78 is 64.5. The Kier molecular flexibility index (Phi) is 46.1. The second-order valence-electron chi connectivity index (χ2n) is 36.0. The Bertz CT molecular complexity index is 3430. The van der Waals surface area contributed by atoms with Gasteiger partial charge >= 0.3 is 14.3 Å². The first-order chi connectivity index (χ1) is 58.2. The van der Waals surface area contributed by atoms with E-state index in [0.29, 0.717) is 88.5 Å². The fourth-order valence-electron chi connectivity index (χ4n) is 20.1. The number of likely N-dealkylation sites (tertiary alicyclic amines) is 2. The summed E-state index contributed by atoms with van der Waals surface area (Å²) in [5.74, 6) is 1.78. The number of alkyl carbamates (subject to hydrolysis) is 1. The third-order valence-electron chi connectivity index (χ3n) is 26.6. The molecule has 25 atom stereocenters. The van der Waals surface area contributed by atoms with Crippen molar-refractivity contribution in [3.63, 3.8) is 0 Å². The molecule has 0 spiro atoms. The van der Waals surface area contributed by atoms with E-state index in [1.54, 1.807) is 0 Å². The molecule has 4 aliphatic carbocycles. The first kappa shape index (κ1) is 107. The number of carbonyl (C=O) groups excluding carboxylic acids is 8. The molecule has 123 heavy (non-hydrogen) atoms. The molecule has 1 radical (unpaired) electrons. The maximum absolute atomic E-state index is 13.9. The molecule has 39 heteroatoms. The molecule has 8 aliphatic rings. The molecule has 15 unspecified atom stereocenters. The Labute approximate surface area is 756 Å². The van der Waals surface area contributed by atoms with Gasteiger partial charge in [-0.25, -0.2) is 4.79 Å². The van der Waals surface area contributed by atoms with Crippen LogP contribution in [-0.4, -0.2) is 281 Å². The molecule has 14 N–H and O–H groups in total. The van der Waals surface area contributed by atoms with Crippen molar-refractivity contribution in [2.75, 3.05) is 85.6 Å². The van der Waals surface area contributed by atoms with Crippen molar-refractivity contribution in [1.29, 1.82) is 0 Å². The predicted molar refractivity (Wildman–Crippen MR) is 450 cm³/mol. The van der Waals surface area contributed by atoms with Crippen LogP contribution in [0.25, 0.3) is 0 Å². The van der Waals surface area contributed by atoms with Gasteiger partial charge in [-0.05, 0) is 175 Å². The van der Waals surface area contributed by atoms with Crippen LogP contribution in [0, 0.1) is 46.3 Å². The number of carbonyl (C=O) groups is 8. The van der Waals surface area contributed by atoms with Crippen LogP contribution in [0.2, 0.25) is 0 Å². The van der Waals surface area contributed by atoms with Crippen molar-refractivity contribution in [2.24, 2.45) is 46.3 Å². The Balaban J connectivity index is 0.0000208. The number of fused-ring (bicyclic) bond motifs is 5. The van der Waals surface area contributed by atoms with Crippen molar-refractivity contribution in [1.82, 2.24) is 41.7 Å². The van der Waals surface area contributed by atoms with E-state index >= 15 is 0 Å². The summed E-state index contributed by atoms with van der Waals surface area (Å²) in [7, 11) is -3.27. The van der Waals surface area contributed by atoms with Gasteiger partial charge in [0.1, 0.15) is 67.6 Å². The average molecular weight is 1880 g/mol.